The first kappa shape index (κ1) is 23.7. The Balaban J connectivity index is 4.03. The number of hydrogen-bond donors (Lipinski definition) is 3. The molecule has 0 saturated carbocycles. The molecule has 0 rings (SSSR count). The molecule has 24 heavy (non-hydrogen) atoms. The minimum absolute atomic E-state index is 0.328. The van der Waals surface area contributed by atoms with Crippen molar-refractivity contribution in [3.63, 3.8) is 0 Å². The zero-order chi connectivity index (χ0) is 18.4. The van der Waals surface area contributed by atoms with E-state index in [1.165, 1.54) is 6.08 Å². The number of rotatable bonds is 12. The van der Waals surface area contributed by atoms with Crippen LogP contribution in [0.3, 0.4) is 0 Å². The Labute approximate surface area is 158 Å². The Kier molecular flexibility index (Phi) is 14.8. The Hall–Kier alpha value is -0.280. The van der Waals surface area contributed by atoms with Gasteiger partial charge in [0.05, 0.1) is 6.33 Å². The number of allylic oxidation sites excluding steroid dienone is 5. The Morgan fingerprint density at radius 3 is 2.67 bits per heavy atom. The third kappa shape index (κ3) is 13.1. The zero-order valence-corrected chi connectivity index (χ0v) is 17.8. The molecule has 0 amide bonds. The van der Waals surface area contributed by atoms with Crippen molar-refractivity contribution in [2.45, 2.75) is 50.5 Å². The second-order valence-corrected chi connectivity index (χ2v) is 10.7. The van der Waals surface area contributed by atoms with Crippen LogP contribution in [-0.2, 0) is 0 Å². The molecule has 1 unspecified atom stereocenters. The van der Waals surface area contributed by atoms with E-state index in [1.807, 2.05) is 6.92 Å². The van der Waals surface area contributed by atoms with Gasteiger partial charge in [0.25, 0.3) is 0 Å². The Morgan fingerprint density at radius 2 is 2.08 bits per heavy atom. The summed E-state index contributed by atoms with van der Waals surface area (Å²) in [6.45, 7) is 9.53. The van der Waals surface area contributed by atoms with Crippen LogP contribution in [0.1, 0.15) is 40.5 Å². The molecule has 0 spiro atoms. The third-order valence-electron chi connectivity index (χ3n) is 3.07. The van der Waals surface area contributed by atoms with Crippen LogP contribution >= 0.6 is 32.1 Å². The predicted molar refractivity (Wildman–Crippen MR) is 113 cm³/mol. The molecule has 0 heterocycles. The van der Waals surface area contributed by atoms with Gasteiger partial charge in [-0.2, -0.15) is 0 Å². The fraction of sp³-hybridized carbons (Fsp3) is 0.588. The van der Waals surface area contributed by atoms with Crippen molar-refractivity contribution in [1.29, 1.82) is 0 Å². The van der Waals surface area contributed by atoms with E-state index in [4.69, 9.17) is 11.6 Å². The number of alkyl halides is 1. The second kappa shape index (κ2) is 15.0. The van der Waals surface area contributed by atoms with Crippen molar-refractivity contribution >= 4 is 38.3 Å². The second-order valence-electron chi connectivity index (χ2n) is 5.53. The summed E-state index contributed by atoms with van der Waals surface area (Å²) in [6, 6.07) is 0.358. The summed E-state index contributed by atoms with van der Waals surface area (Å²) in [5, 5.41) is 3.59. The van der Waals surface area contributed by atoms with E-state index in [0.29, 0.717) is 28.0 Å². The molecule has 0 aliphatic rings. The Bertz CT molecular complexity index is 453. The molecule has 4 nitrogen and oxygen atoms in total. The van der Waals surface area contributed by atoms with Gasteiger partial charge in [-0.15, -0.1) is 0 Å². The van der Waals surface area contributed by atoms with Crippen LogP contribution in [0.5, 0.6) is 0 Å². The fourth-order valence-electron chi connectivity index (χ4n) is 1.60. The van der Waals surface area contributed by atoms with E-state index in [9.17, 15) is 7.83 Å². The summed E-state index contributed by atoms with van der Waals surface area (Å²) >= 11 is 3.76. The van der Waals surface area contributed by atoms with Crippen LogP contribution < -0.4 is 8.85 Å². The fourth-order valence-corrected chi connectivity index (χ4v) is 4.08. The number of nitrogens with one attached hydrogen (secondary N) is 2. The molecule has 0 aliphatic heterocycles. The summed E-state index contributed by atoms with van der Waals surface area (Å²) in [4.78, 5) is 4.28. The molecule has 1 atom stereocenters. The van der Waals surface area contributed by atoms with Crippen LogP contribution in [0.2, 0.25) is 0 Å². The minimum atomic E-state index is -1.98. The van der Waals surface area contributed by atoms with E-state index in [1.54, 1.807) is 18.4 Å². The van der Waals surface area contributed by atoms with Gasteiger partial charge in [0.15, 0.2) is 0 Å². The van der Waals surface area contributed by atoms with Crippen molar-refractivity contribution in [2.24, 2.45) is 4.99 Å². The van der Waals surface area contributed by atoms with Gasteiger partial charge in [0.1, 0.15) is 0 Å². The number of nitrogens with zero attached hydrogens (tertiary/aromatic N) is 1. The predicted octanol–water partition coefficient (Wildman–Crippen LogP) is 4.65. The van der Waals surface area contributed by atoms with E-state index in [0.717, 1.165) is 25.0 Å². The van der Waals surface area contributed by atoms with Crippen molar-refractivity contribution in [3.8, 4) is 0 Å². The molecule has 140 valence electrons. The molecule has 0 fully saturated rings. The van der Waals surface area contributed by atoms with E-state index < -0.39 is 20.5 Å². The number of hydrogen-bond acceptors (Lipinski definition) is 4. The molecule has 0 aromatic carbocycles. The van der Waals surface area contributed by atoms with Crippen LogP contribution in [0.15, 0.2) is 40.2 Å². The third-order valence-corrected chi connectivity index (χ3v) is 7.20. The van der Waals surface area contributed by atoms with Gasteiger partial charge >= 0.3 is 130 Å². The van der Waals surface area contributed by atoms with Crippen molar-refractivity contribution in [2.75, 3.05) is 13.2 Å². The van der Waals surface area contributed by atoms with Gasteiger partial charge in [0, 0.05) is 0 Å². The van der Waals surface area contributed by atoms with Gasteiger partial charge in [-0.05, 0) is 6.08 Å². The monoisotopic (exact) mass is 473 g/mol. The maximum absolute atomic E-state index is 11.9. The van der Waals surface area contributed by atoms with Crippen LogP contribution in [0.4, 0.5) is 4.39 Å². The van der Waals surface area contributed by atoms with Crippen molar-refractivity contribution in [1.82, 2.24) is 8.85 Å². The van der Waals surface area contributed by atoms with Gasteiger partial charge in [-0.3, -0.25) is 0 Å². The van der Waals surface area contributed by atoms with Crippen LogP contribution in [0, 0.1) is 0 Å². The van der Waals surface area contributed by atoms with Crippen LogP contribution in [-0.4, -0.2) is 32.8 Å². The summed E-state index contributed by atoms with van der Waals surface area (Å²) in [5.41, 5.74) is 0.933. The molecule has 0 aliphatic carbocycles. The first-order valence-electron chi connectivity index (χ1n) is 8.05. The van der Waals surface area contributed by atoms with Gasteiger partial charge in [-0.1, -0.05) is 11.6 Å². The number of halogens is 3. The van der Waals surface area contributed by atoms with Crippen molar-refractivity contribution < 1.29 is 7.83 Å². The molecular weight excluding hydrogens is 444 g/mol. The quantitative estimate of drug-likeness (QED) is 0.0965. The molecule has 0 aromatic heterocycles. The molecular formula is C17H30ClFIN3O. The molecule has 3 N–H and O–H groups in total. The van der Waals surface area contributed by atoms with E-state index in [-0.39, 0.29) is 0 Å². The summed E-state index contributed by atoms with van der Waals surface area (Å²) in [5.74, 6) is 0. The summed E-state index contributed by atoms with van der Waals surface area (Å²) in [7, 11) is 0. The Morgan fingerprint density at radius 1 is 1.38 bits per heavy atom. The first-order valence-corrected chi connectivity index (χ1v) is 11.7. The van der Waals surface area contributed by atoms with Gasteiger partial charge in [-0.25, -0.2) is 4.39 Å². The summed E-state index contributed by atoms with van der Waals surface area (Å²) < 4.78 is 25.7. The average Bonchev–Trinajstić information content (AvgIpc) is 2.54. The SMILES string of the molecule is CCC(CCNC/N=C/C(C)=C/C=C(Cl)\C=C\F)NI(O)C(C)C. The van der Waals surface area contributed by atoms with Gasteiger partial charge in [0.2, 0.25) is 0 Å². The summed E-state index contributed by atoms with van der Waals surface area (Å²) in [6.07, 6.45) is 8.71. The van der Waals surface area contributed by atoms with E-state index >= 15 is 0 Å². The molecule has 7 heteroatoms. The van der Waals surface area contributed by atoms with Crippen LogP contribution in [0.25, 0.3) is 0 Å². The molecule has 0 aromatic rings. The normalized spacial score (nSPS) is 15.8. The average molecular weight is 474 g/mol. The first-order chi connectivity index (χ1) is 11.4. The zero-order valence-electron chi connectivity index (χ0n) is 14.9. The maximum atomic E-state index is 11.9. The van der Waals surface area contributed by atoms with Gasteiger partial charge < -0.3 is 0 Å². The standard InChI is InChI=1S/C17H30ClFIN3O/c1-5-17(23-20(24)14(2)3)9-11-21-13-22-12-15(4)6-7-16(18)8-10-19/h6-8,10,12,14,17,21,23-24H,5,9,11,13H2,1-4H3/b10-8+,15-6+,16-7+,22-12+. The topological polar surface area (TPSA) is 56.7 Å². The van der Waals surface area contributed by atoms with E-state index in [2.05, 4.69) is 34.6 Å². The molecule has 0 bridgehead atoms. The molecule has 0 saturated heterocycles. The number of aliphatic imine (C=N–C) groups is 1. The van der Waals surface area contributed by atoms with Crippen molar-refractivity contribution in [3.05, 3.63) is 35.2 Å². The molecule has 0 radical (unpaired) electrons.